The van der Waals surface area contributed by atoms with Gasteiger partial charge in [0.05, 0.1) is 25.8 Å². The van der Waals surface area contributed by atoms with E-state index >= 15 is 0 Å². The Morgan fingerprint density at radius 3 is 2.38 bits per heavy atom. The van der Waals surface area contributed by atoms with E-state index in [1.165, 1.54) is 0 Å². The van der Waals surface area contributed by atoms with Crippen molar-refractivity contribution in [2.75, 3.05) is 38.8 Å². The maximum Gasteiger partial charge on any atom is 0.228 e. The first kappa shape index (κ1) is 18.5. The van der Waals surface area contributed by atoms with Crippen LogP contribution in [0.4, 0.5) is 5.69 Å². The third-order valence-electron chi connectivity index (χ3n) is 5.33. The van der Waals surface area contributed by atoms with Gasteiger partial charge in [-0.2, -0.15) is 0 Å². The molecule has 0 spiro atoms. The average Bonchev–Trinajstić information content (AvgIpc) is 3.01. The van der Waals surface area contributed by atoms with Gasteiger partial charge in [0.15, 0.2) is 0 Å². The normalized spacial score (nSPS) is 26.2. The van der Waals surface area contributed by atoms with Crippen LogP contribution in [0.3, 0.4) is 0 Å². The Morgan fingerprint density at radius 1 is 1.08 bits per heavy atom. The van der Waals surface area contributed by atoms with E-state index in [0.717, 1.165) is 19.5 Å². The van der Waals surface area contributed by atoms with E-state index < -0.39 is 0 Å². The molecule has 2 aliphatic rings. The molecule has 1 aromatic carbocycles. The van der Waals surface area contributed by atoms with Crippen LogP contribution in [0.15, 0.2) is 18.2 Å². The first-order chi connectivity index (χ1) is 12.4. The standard InChI is InChI=1S/C20H28N2O4/c1-13-7-14(2)11-21(10-13)20(24)15-8-19(23)22(12-15)17-9-16(25-3)5-6-18(17)26-4/h5-6,9,13-15H,7-8,10-12H2,1-4H3/t13-,14+,15-/m0/s1. The molecule has 2 fully saturated rings. The van der Waals surface area contributed by atoms with Gasteiger partial charge >= 0.3 is 0 Å². The van der Waals surface area contributed by atoms with Crippen molar-refractivity contribution < 1.29 is 19.1 Å². The minimum atomic E-state index is -0.295. The fraction of sp³-hybridized carbons (Fsp3) is 0.600. The highest BCUT2D eigenvalue weighted by Crippen LogP contribution is 2.36. The summed E-state index contributed by atoms with van der Waals surface area (Å²) in [6.07, 6.45) is 1.40. The van der Waals surface area contributed by atoms with Gasteiger partial charge in [-0.25, -0.2) is 0 Å². The summed E-state index contributed by atoms with van der Waals surface area (Å²) in [5.41, 5.74) is 0.660. The fourth-order valence-electron chi connectivity index (χ4n) is 4.21. The lowest BCUT2D eigenvalue weighted by Gasteiger charge is -2.36. The Morgan fingerprint density at radius 2 is 1.77 bits per heavy atom. The number of piperidine rings is 1. The average molecular weight is 360 g/mol. The van der Waals surface area contributed by atoms with E-state index in [-0.39, 0.29) is 24.2 Å². The van der Waals surface area contributed by atoms with Crippen molar-refractivity contribution in [3.05, 3.63) is 18.2 Å². The molecule has 0 radical (unpaired) electrons. The van der Waals surface area contributed by atoms with Gasteiger partial charge in [-0.3, -0.25) is 9.59 Å². The number of likely N-dealkylation sites (tertiary alicyclic amines) is 1. The van der Waals surface area contributed by atoms with E-state index in [1.807, 2.05) is 4.90 Å². The summed E-state index contributed by atoms with van der Waals surface area (Å²) in [6.45, 7) is 6.33. The molecule has 1 aromatic rings. The Labute approximate surface area is 155 Å². The number of hydrogen-bond acceptors (Lipinski definition) is 4. The number of hydrogen-bond donors (Lipinski definition) is 0. The molecule has 2 saturated heterocycles. The molecule has 2 amide bonds. The van der Waals surface area contributed by atoms with Gasteiger partial charge in [-0.15, -0.1) is 0 Å². The lowest BCUT2D eigenvalue weighted by atomic mass is 9.91. The smallest absolute Gasteiger partial charge is 0.228 e. The number of nitrogens with zero attached hydrogens (tertiary/aromatic N) is 2. The van der Waals surface area contributed by atoms with Gasteiger partial charge in [-0.05, 0) is 30.4 Å². The van der Waals surface area contributed by atoms with Crippen LogP contribution in [0.5, 0.6) is 11.5 Å². The van der Waals surface area contributed by atoms with E-state index in [1.54, 1.807) is 37.3 Å². The molecule has 3 rings (SSSR count). The van der Waals surface area contributed by atoms with E-state index in [2.05, 4.69) is 13.8 Å². The van der Waals surface area contributed by atoms with E-state index in [9.17, 15) is 9.59 Å². The fourth-order valence-corrected chi connectivity index (χ4v) is 4.21. The maximum absolute atomic E-state index is 13.0. The van der Waals surface area contributed by atoms with Crippen LogP contribution in [-0.2, 0) is 9.59 Å². The number of methoxy groups -OCH3 is 2. The summed E-state index contributed by atoms with van der Waals surface area (Å²) in [7, 11) is 3.16. The third kappa shape index (κ3) is 3.64. The molecule has 0 aromatic heterocycles. The summed E-state index contributed by atoms with van der Waals surface area (Å²) in [6, 6.07) is 5.36. The van der Waals surface area contributed by atoms with Gasteiger partial charge in [0.1, 0.15) is 11.5 Å². The zero-order valence-electron chi connectivity index (χ0n) is 16.0. The van der Waals surface area contributed by atoms with Gasteiger partial charge in [0.2, 0.25) is 11.8 Å². The molecule has 142 valence electrons. The van der Waals surface area contributed by atoms with Crippen molar-refractivity contribution in [1.29, 1.82) is 0 Å². The van der Waals surface area contributed by atoms with Crippen molar-refractivity contribution in [3.8, 4) is 11.5 Å². The van der Waals surface area contributed by atoms with Crippen molar-refractivity contribution in [1.82, 2.24) is 4.90 Å². The molecule has 3 atom stereocenters. The van der Waals surface area contributed by atoms with Crippen LogP contribution in [-0.4, -0.2) is 50.6 Å². The quantitative estimate of drug-likeness (QED) is 0.828. The molecule has 0 unspecified atom stereocenters. The number of ether oxygens (including phenoxy) is 2. The molecule has 6 nitrogen and oxygen atoms in total. The van der Waals surface area contributed by atoms with Crippen LogP contribution in [0.25, 0.3) is 0 Å². The first-order valence-corrected chi connectivity index (χ1v) is 9.24. The second-order valence-corrected chi connectivity index (χ2v) is 7.63. The van der Waals surface area contributed by atoms with Crippen molar-refractivity contribution >= 4 is 17.5 Å². The van der Waals surface area contributed by atoms with Crippen LogP contribution in [0.2, 0.25) is 0 Å². The summed E-state index contributed by atoms with van der Waals surface area (Å²) < 4.78 is 10.7. The Kier molecular flexibility index (Phi) is 5.39. The third-order valence-corrected chi connectivity index (χ3v) is 5.33. The second-order valence-electron chi connectivity index (χ2n) is 7.63. The summed E-state index contributed by atoms with van der Waals surface area (Å²) in [5, 5.41) is 0. The number of amides is 2. The number of carbonyl (C=O) groups excluding carboxylic acids is 2. The second kappa shape index (κ2) is 7.56. The lowest BCUT2D eigenvalue weighted by Crippen LogP contribution is -2.45. The Balaban J connectivity index is 1.77. The summed E-state index contributed by atoms with van der Waals surface area (Å²) in [5.74, 6) is 2.03. The highest BCUT2D eigenvalue weighted by atomic mass is 16.5. The summed E-state index contributed by atoms with van der Waals surface area (Å²) in [4.78, 5) is 29.2. The molecule has 2 aliphatic heterocycles. The van der Waals surface area contributed by atoms with Gasteiger partial charge in [-0.1, -0.05) is 13.8 Å². The van der Waals surface area contributed by atoms with Gasteiger partial charge in [0.25, 0.3) is 0 Å². The van der Waals surface area contributed by atoms with E-state index in [0.29, 0.717) is 35.6 Å². The number of rotatable bonds is 4. The molecule has 0 N–H and O–H groups in total. The van der Waals surface area contributed by atoms with Crippen molar-refractivity contribution in [2.24, 2.45) is 17.8 Å². The monoisotopic (exact) mass is 360 g/mol. The highest BCUT2D eigenvalue weighted by Gasteiger charge is 2.39. The molecular formula is C20H28N2O4. The molecule has 26 heavy (non-hydrogen) atoms. The summed E-state index contributed by atoms with van der Waals surface area (Å²) >= 11 is 0. The molecule has 0 bridgehead atoms. The zero-order chi connectivity index (χ0) is 18.8. The minimum Gasteiger partial charge on any atom is -0.497 e. The van der Waals surface area contributed by atoms with Gasteiger partial charge in [0, 0.05) is 32.1 Å². The zero-order valence-corrected chi connectivity index (χ0v) is 16.0. The SMILES string of the molecule is COc1ccc(OC)c(N2C[C@@H](C(=O)N3C[C@H](C)C[C@H](C)C3)CC2=O)c1. The van der Waals surface area contributed by atoms with E-state index in [4.69, 9.17) is 9.47 Å². The maximum atomic E-state index is 13.0. The predicted octanol–water partition coefficient (Wildman–Crippen LogP) is 2.56. The number of carbonyl (C=O) groups is 2. The molecule has 0 saturated carbocycles. The highest BCUT2D eigenvalue weighted by molar-refractivity contribution is 6.01. The topological polar surface area (TPSA) is 59.1 Å². The van der Waals surface area contributed by atoms with Crippen LogP contribution in [0, 0.1) is 17.8 Å². The predicted molar refractivity (Wildman–Crippen MR) is 99.5 cm³/mol. The van der Waals surface area contributed by atoms with Crippen LogP contribution in [0.1, 0.15) is 26.7 Å². The number of anilines is 1. The number of benzene rings is 1. The van der Waals surface area contributed by atoms with Crippen LogP contribution < -0.4 is 14.4 Å². The Hall–Kier alpha value is -2.24. The lowest BCUT2D eigenvalue weighted by molar-refractivity contribution is -0.138. The van der Waals surface area contributed by atoms with Crippen molar-refractivity contribution in [3.63, 3.8) is 0 Å². The molecule has 0 aliphatic carbocycles. The Bertz CT molecular complexity index is 680. The van der Waals surface area contributed by atoms with Crippen LogP contribution >= 0.6 is 0 Å². The minimum absolute atomic E-state index is 0.0481. The largest absolute Gasteiger partial charge is 0.497 e. The van der Waals surface area contributed by atoms with Crippen molar-refractivity contribution in [2.45, 2.75) is 26.7 Å². The molecule has 2 heterocycles. The first-order valence-electron chi connectivity index (χ1n) is 9.24. The van der Waals surface area contributed by atoms with Gasteiger partial charge < -0.3 is 19.3 Å². The molecular weight excluding hydrogens is 332 g/mol. The molecule has 6 heteroatoms.